The van der Waals surface area contributed by atoms with E-state index in [9.17, 15) is 14.3 Å². The second kappa shape index (κ2) is 9.98. The third-order valence-electron chi connectivity index (χ3n) is 4.70. The molecule has 27 heavy (non-hydrogen) atoms. The van der Waals surface area contributed by atoms with Crippen LogP contribution in [0.5, 0.6) is 0 Å². The van der Waals surface area contributed by atoms with E-state index in [-0.39, 0.29) is 35.9 Å². The Hall–Kier alpha value is -1.74. The molecule has 0 radical (unpaired) electrons. The third-order valence-corrected chi connectivity index (χ3v) is 5.05. The van der Waals surface area contributed by atoms with Crippen LogP contribution in [0.15, 0.2) is 18.2 Å². The first kappa shape index (κ1) is 21.6. The molecule has 0 saturated carbocycles. The van der Waals surface area contributed by atoms with E-state index in [4.69, 9.17) is 26.2 Å². The lowest BCUT2D eigenvalue weighted by Crippen LogP contribution is -2.49. The normalized spacial score (nSPS) is 22.9. The molecule has 2 N–H and O–H groups in total. The molecule has 150 valence electrons. The Morgan fingerprint density at radius 3 is 2.63 bits per heavy atom. The van der Waals surface area contributed by atoms with Gasteiger partial charge in [-0.05, 0) is 18.6 Å². The smallest absolute Gasteiger partial charge is 0.290 e. The number of carbonyl (C=O) groups excluding carboxylic acids is 1. The summed E-state index contributed by atoms with van der Waals surface area (Å²) in [6.45, 7) is 3.96. The maximum absolute atomic E-state index is 13.8. The first-order valence-corrected chi connectivity index (χ1v) is 9.07. The highest BCUT2D eigenvalue weighted by atomic mass is 35.5. The lowest BCUT2D eigenvalue weighted by atomic mass is 10.0. The minimum absolute atomic E-state index is 0.0842. The zero-order valence-corrected chi connectivity index (χ0v) is 15.7. The molecule has 9 heteroatoms. The SMILES string of the molecule is O=C(Cc1c(F)cccc1Cl)N1CCC(O)(CN2CCOCC2)C1.O=CO. The summed E-state index contributed by atoms with van der Waals surface area (Å²) in [6, 6.07) is 4.39. The van der Waals surface area contributed by atoms with Crippen molar-refractivity contribution in [2.24, 2.45) is 0 Å². The number of halogens is 2. The van der Waals surface area contributed by atoms with E-state index in [1.807, 2.05) is 0 Å². The second-order valence-corrected chi connectivity index (χ2v) is 7.07. The monoisotopic (exact) mass is 402 g/mol. The number of amides is 1. The number of carbonyl (C=O) groups is 2. The summed E-state index contributed by atoms with van der Waals surface area (Å²) in [6.07, 6.45) is 0.445. The summed E-state index contributed by atoms with van der Waals surface area (Å²) in [5, 5.41) is 17.9. The molecule has 2 saturated heterocycles. The zero-order valence-electron chi connectivity index (χ0n) is 14.9. The summed E-state index contributed by atoms with van der Waals surface area (Å²) in [7, 11) is 0. The Labute approximate surface area is 162 Å². The van der Waals surface area contributed by atoms with Gasteiger partial charge in [0.25, 0.3) is 6.47 Å². The number of morpholine rings is 1. The Morgan fingerprint density at radius 2 is 2.00 bits per heavy atom. The van der Waals surface area contributed by atoms with E-state index in [0.29, 0.717) is 32.7 Å². The molecule has 2 aliphatic heterocycles. The highest BCUT2D eigenvalue weighted by molar-refractivity contribution is 6.31. The molecule has 1 aromatic rings. The van der Waals surface area contributed by atoms with Gasteiger partial charge in [0.1, 0.15) is 5.82 Å². The second-order valence-electron chi connectivity index (χ2n) is 6.66. The average molecular weight is 403 g/mol. The Bertz CT molecular complexity index is 636. The topological polar surface area (TPSA) is 90.3 Å². The van der Waals surface area contributed by atoms with Crippen LogP contribution in [0.2, 0.25) is 5.02 Å². The van der Waals surface area contributed by atoms with Gasteiger partial charge >= 0.3 is 0 Å². The molecular weight excluding hydrogens is 379 g/mol. The molecule has 2 aliphatic rings. The fourth-order valence-corrected chi connectivity index (χ4v) is 3.57. The summed E-state index contributed by atoms with van der Waals surface area (Å²) in [4.78, 5) is 24.6. The maximum atomic E-state index is 13.8. The van der Waals surface area contributed by atoms with Gasteiger partial charge in [0.15, 0.2) is 0 Å². The number of likely N-dealkylation sites (tertiary alicyclic amines) is 1. The molecule has 2 heterocycles. The van der Waals surface area contributed by atoms with Crippen LogP contribution in [0, 0.1) is 5.82 Å². The number of carboxylic acid groups (broad SMARTS) is 1. The van der Waals surface area contributed by atoms with Crippen molar-refractivity contribution in [1.82, 2.24) is 9.80 Å². The van der Waals surface area contributed by atoms with Gasteiger partial charge in [-0.15, -0.1) is 0 Å². The first-order valence-electron chi connectivity index (χ1n) is 8.69. The predicted octanol–water partition coefficient (Wildman–Crippen LogP) is 1.02. The minimum Gasteiger partial charge on any atom is -0.483 e. The molecule has 1 aromatic carbocycles. The van der Waals surface area contributed by atoms with Crippen molar-refractivity contribution in [2.75, 3.05) is 45.9 Å². The van der Waals surface area contributed by atoms with Crippen LogP contribution >= 0.6 is 11.6 Å². The van der Waals surface area contributed by atoms with Crippen LogP contribution in [0.4, 0.5) is 4.39 Å². The zero-order chi connectivity index (χ0) is 19.9. The number of hydrogen-bond acceptors (Lipinski definition) is 5. The molecule has 1 atom stereocenters. The van der Waals surface area contributed by atoms with Crippen molar-refractivity contribution in [3.8, 4) is 0 Å². The van der Waals surface area contributed by atoms with Gasteiger partial charge in [0, 0.05) is 36.8 Å². The first-order chi connectivity index (χ1) is 12.9. The Kier molecular flexibility index (Phi) is 7.97. The van der Waals surface area contributed by atoms with Gasteiger partial charge in [-0.25, -0.2) is 4.39 Å². The molecule has 3 rings (SSSR count). The van der Waals surface area contributed by atoms with Crippen LogP contribution in [-0.2, 0) is 20.7 Å². The van der Waals surface area contributed by atoms with Crippen molar-refractivity contribution in [1.29, 1.82) is 0 Å². The van der Waals surface area contributed by atoms with Gasteiger partial charge in [-0.1, -0.05) is 17.7 Å². The predicted molar refractivity (Wildman–Crippen MR) is 97.2 cm³/mol. The standard InChI is InChI=1S/C17H22ClFN2O3.CH2O2/c18-14-2-1-3-15(19)13(14)10-16(22)21-5-4-17(23,12-21)11-20-6-8-24-9-7-20;2-1-3/h1-3,23H,4-12H2;1H,(H,2,3). The summed E-state index contributed by atoms with van der Waals surface area (Å²) >= 11 is 5.99. The number of rotatable bonds is 4. The lowest BCUT2D eigenvalue weighted by Gasteiger charge is -2.33. The van der Waals surface area contributed by atoms with Crippen LogP contribution in [0.25, 0.3) is 0 Å². The molecule has 0 bridgehead atoms. The van der Waals surface area contributed by atoms with Crippen LogP contribution in [-0.4, -0.2) is 83.9 Å². The molecule has 0 spiro atoms. The molecule has 1 unspecified atom stereocenters. The van der Waals surface area contributed by atoms with Crippen molar-refractivity contribution in [2.45, 2.75) is 18.4 Å². The van der Waals surface area contributed by atoms with E-state index in [1.165, 1.54) is 12.1 Å². The van der Waals surface area contributed by atoms with Crippen molar-refractivity contribution < 1.29 is 28.9 Å². The van der Waals surface area contributed by atoms with Crippen molar-refractivity contribution in [3.05, 3.63) is 34.6 Å². The summed E-state index contributed by atoms with van der Waals surface area (Å²) in [5.41, 5.74) is -0.695. The summed E-state index contributed by atoms with van der Waals surface area (Å²) in [5.74, 6) is -0.682. The van der Waals surface area contributed by atoms with Crippen molar-refractivity contribution in [3.63, 3.8) is 0 Å². The minimum atomic E-state index is -0.911. The Balaban J connectivity index is 0.000000817. The van der Waals surface area contributed by atoms with Gasteiger partial charge in [-0.3, -0.25) is 14.5 Å². The number of ether oxygens (including phenoxy) is 1. The highest BCUT2D eigenvalue weighted by Crippen LogP contribution is 2.25. The number of hydrogen-bond donors (Lipinski definition) is 2. The summed E-state index contributed by atoms with van der Waals surface area (Å²) < 4.78 is 19.1. The fraction of sp³-hybridized carbons (Fsp3) is 0.556. The van der Waals surface area contributed by atoms with E-state index in [2.05, 4.69) is 4.90 Å². The molecule has 0 aromatic heterocycles. The number of aliphatic hydroxyl groups is 1. The molecule has 1 amide bonds. The molecular formula is C18H24ClFN2O5. The van der Waals surface area contributed by atoms with Gasteiger partial charge in [0.2, 0.25) is 5.91 Å². The van der Waals surface area contributed by atoms with Crippen LogP contribution in [0.3, 0.4) is 0 Å². The van der Waals surface area contributed by atoms with E-state index in [0.717, 1.165) is 13.1 Å². The largest absolute Gasteiger partial charge is 0.483 e. The number of β-amino-alcohol motifs (C(OH)–C–C–N with tert-alkyl or cyclic N) is 1. The van der Waals surface area contributed by atoms with Gasteiger partial charge in [-0.2, -0.15) is 0 Å². The van der Waals surface area contributed by atoms with E-state index in [1.54, 1.807) is 11.0 Å². The lowest BCUT2D eigenvalue weighted by molar-refractivity contribution is -0.130. The quantitative estimate of drug-likeness (QED) is 0.731. The molecule has 2 fully saturated rings. The van der Waals surface area contributed by atoms with E-state index < -0.39 is 11.4 Å². The van der Waals surface area contributed by atoms with Gasteiger partial charge < -0.3 is 19.8 Å². The van der Waals surface area contributed by atoms with Crippen molar-refractivity contribution >= 4 is 24.0 Å². The van der Waals surface area contributed by atoms with Gasteiger partial charge in [0.05, 0.1) is 31.8 Å². The fourth-order valence-electron chi connectivity index (χ4n) is 3.34. The number of nitrogens with zero attached hydrogens (tertiary/aromatic N) is 2. The molecule has 7 nitrogen and oxygen atoms in total. The van der Waals surface area contributed by atoms with Crippen LogP contribution < -0.4 is 0 Å². The average Bonchev–Trinajstić information content (AvgIpc) is 3.02. The third kappa shape index (κ3) is 6.14. The molecule has 0 aliphatic carbocycles. The highest BCUT2D eigenvalue weighted by Gasteiger charge is 2.39. The Morgan fingerprint density at radius 1 is 1.33 bits per heavy atom. The van der Waals surface area contributed by atoms with Crippen LogP contribution in [0.1, 0.15) is 12.0 Å². The number of benzene rings is 1. The maximum Gasteiger partial charge on any atom is 0.290 e. The van der Waals surface area contributed by atoms with E-state index >= 15 is 0 Å².